The third kappa shape index (κ3) is 3.93. The van der Waals surface area contributed by atoms with E-state index < -0.39 is 0 Å². The minimum Gasteiger partial charge on any atom is -0.439 e. The van der Waals surface area contributed by atoms with E-state index >= 15 is 0 Å². The van der Waals surface area contributed by atoms with E-state index in [4.69, 9.17) is 4.42 Å². The predicted molar refractivity (Wildman–Crippen MR) is 89.9 cm³/mol. The van der Waals surface area contributed by atoms with Crippen LogP contribution in [-0.2, 0) is 13.1 Å². The zero-order chi connectivity index (χ0) is 17.1. The highest BCUT2D eigenvalue weighted by atomic mass is 19.1. The fourth-order valence-corrected chi connectivity index (χ4v) is 3.36. The molecule has 0 radical (unpaired) electrons. The van der Waals surface area contributed by atoms with Crippen molar-refractivity contribution in [3.05, 3.63) is 54.8 Å². The summed E-state index contributed by atoms with van der Waals surface area (Å²) < 4.78 is 20.8. The molecule has 0 amide bonds. The molecular formula is C18H20FN5O. The second-order valence-corrected chi connectivity index (χ2v) is 6.49. The normalized spacial score (nSPS) is 18.5. The zero-order valence-electron chi connectivity index (χ0n) is 13.9. The van der Waals surface area contributed by atoms with E-state index in [1.54, 1.807) is 31.0 Å². The van der Waals surface area contributed by atoms with Gasteiger partial charge in [0.15, 0.2) is 5.76 Å². The number of hydrogen-bond acceptors (Lipinski definition) is 5. The fourth-order valence-electron chi connectivity index (χ4n) is 3.36. The quantitative estimate of drug-likeness (QED) is 0.714. The molecule has 1 fully saturated rings. The van der Waals surface area contributed by atoms with Crippen LogP contribution in [0.3, 0.4) is 0 Å². The van der Waals surface area contributed by atoms with Crippen LogP contribution in [0, 0.1) is 11.7 Å². The van der Waals surface area contributed by atoms with E-state index in [0.717, 1.165) is 31.6 Å². The molecule has 0 spiro atoms. The molecule has 0 N–H and O–H groups in total. The van der Waals surface area contributed by atoms with Crippen LogP contribution in [0.15, 0.2) is 47.5 Å². The van der Waals surface area contributed by atoms with Crippen molar-refractivity contribution in [2.24, 2.45) is 5.92 Å². The van der Waals surface area contributed by atoms with Crippen LogP contribution >= 0.6 is 0 Å². The van der Waals surface area contributed by atoms with Crippen molar-refractivity contribution in [3.8, 4) is 11.3 Å². The number of likely N-dealkylation sites (tertiary alicyclic amines) is 1. The molecule has 3 aromatic rings. The highest BCUT2D eigenvalue weighted by molar-refractivity contribution is 5.55. The molecule has 1 aliphatic heterocycles. The van der Waals surface area contributed by atoms with Crippen molar-refractivity contribution >= 4 is 0 Å². The molecule has 0 aliphatic carbocycles. The van der Waals surface area contributed by atoms with Crippen molar-refractivity contribution < 1.29 is 8.81 Å². The summed E-state index contributed by atoms with van der Waals surface area (Å²) in [6.45, 7) is 3.62. The second-order valence-electron chi connectivity index (χ2n) is 6.49. The van der Waals surface area contributed by atoms with Gasteiger partial charge in [0.2, 0.25) is 5.89 Å². The van der Waals surface area contributed by atoms with E-state index in [2.05, 4.69) is 20.0 Å². The summed E-state index contributed by atoms with van der Waals surface area (Å²) in [7, 11) is 0. The topological polar surface area (TPSA) is 60.0 Å². The van der Waals surface area contributed by atoms with Crippen LogP contribution in [0.2, 0.25) is 0 Å². The maximum absolute atomic E-state index is 13.0. The third-order valence-electron chi connectivity index (χ3n) is 4.56. The van der Waals surface area contributed by atoms with Gasteiger partial charge >= 0.3 is 0 Å². The summed E-state index contributed by atoms with van der Waals surface area (Å²) in [5, 5.41) is 4.19. The Kier molecular flexibility index (Phi) is 4.56. The third-order valence-corrected chi connectivity index (χ3v) is 4.56. The number of hydrogen-bond donors (Lipinski definition) is 0. The van der Waals surface area contributed by atoms with Gasteiger partial charge in [0.05, 0.1) is 12.7 Å². The molecular weight excluding hydrogens is 321 g/mol. The highest BCUT2D eigenvalue weighted by Gasteiger charge is 2.22. The molecule has 25 heavy (non-hydrogen) atoms. The molecule has 7 heteroatoms. The van der Waals surface area contributed by atoms with Gasteiger partial charge in [-0.15, -0.1) is 0 Å². The van der Waals surface area contributed by atoms with Gasteiger partial charge in [-0.1, -0.05) is 0 Å². The van der Waals surface area contributed by atoms with Crippen LogP contribution in [0.5, 0.6) is 0 Å². The Balaban J connectivity index is 1.37. The molecule has 3 heterocycles. The lowest BCUT2D eigenvalue weighted by molar-refractivity contribution is 0.142. The van der Waals surface area contributed by atoms with Crippen LogP contribution in [0.4, 0.5) is 4.39 Å². The number of nitrogens with zero attached hydrogens (tertiary/aromatic N) is 5. The Hall–Kier alpha value is -2.54. The van der Waals surface area contributed by atoms with E-state index in [0.29, 0.717) is 24.1 Å². The lowest BCUT2D eigenvalue weighted by Crippen LogP contribution is -2.36. The van der Waals surface area contributed by atoms with Crippen LogP contribution in [0.1, 0.15) is 18.7 Å². The monoisotopic (exact) mass is 341 g/mol. The molecule has 1 atom stereocenters. The van der Waals surface area contributed by atoms with Crippen molar-refractivity contribution in [2.45, 2.75) is 25.9 Å². The van der Waals surface area contributed by atoms with Crippen LogP contribution < -0.4 is 0 Å². The van der Waals surface area contributed by atoms with Crippen molar-refractivity contribution in [1.82, 2.24) is 24.6 Å². The minimum absolute atomic E-state index is 0.254. The van der Waals surface area contributed by atoms with Gasteiger partial charge in [-0.25, -0.2) is 14.4 Å². The lowest BCUT2D eigenvalue weighted by Gasteiger charge is -2.31. The lowest BCUT2D eigenvalue weighted by atomic mass is 9.98. The molecule has 1 unspecified atom stereocenters. The first-order valence-corrected chi connectivity index (χ1v) is 8.52. The molecule has 1 aliphatic rings. The van der Waals surface area contributed by atoms with Gasteiger partial charge < -0.3 is 4.42 Å². The van der Waals surface area contributed by atoms with Gasteiger partial charge in [-0.2, -0.15) is 5.10 Å². The van der Waals surface area contributed by atoms with Gasteiger partial charge in [0, 0.05) is 18.7 Å². The van der Waals surface area contributed by atoms with Gasteiger partial charge in [-0.3, -0.25) is 9.58 Å². The first-order chi connectivity index (χ1) is 12.3. The summed E-state index contributed by atoms with van der Waals surface area (Å²) in [6, 6.07) is 6.26. The maximum atomic E-state index is 13.0. The first kappa shape index (κ1) is 16.0. The molecule has 130 valence electrons. The Bertz CT molecular complexity index is 799. The summed E-state index contributed by atoms with van der Waals surface area (Å²) >= 11 is 0. The number of piperidine rings is 1. The number of oxazole rings is 1. The number of aromatic nitrogens is 4. The smallest absolute Gasteiger partial charge is 0.209 e. The van der Waals surface area contributed by atoms with Crippen molar-refractivity contribution in [2.75, 3.05) is 13.1 Å². The SMILES string of the molecule is Fc1ccc(-c2cnc(CN3CCCC(Cn4cncn4)C3)o2)cc1. The Morgan fingerprint density at radius 3 is 2.92 bits per heavy atom. The Morgan fingerprint density at radius 1 is 1.24 bits per heavy atom. The summed E-state index contributed by atoms with van der Waals surface area (Å²) in [4.78, 5) is 10.7. The zero-order valence-corrected chi connectivity index (χ0v) is 13.9. The van der Waals surface area contributed by atoms with Gasteiger partial charge in [-0.05, 0) is 49.6 Å². The van der Waals surface area contributed by atoms with E-state index in [1.165, 1.54) is 18.6 Å². The average Bonchev–Trinajstić information content (AvgIpc) is 3.28. The van der Waals surface area contributed by atoms with Crippen LogP contribution in [0.25, 0.3) is 11.3 Å². The second kappa shape index (κ2) is 7.14. The standard InChI is InChI=1S/C18H20FN5O/c19-16-5-3-15(4-6-16)17-8-21-18(25-17)11-23-7-1-2-14(9-23)10-24-13-20-12-22-24/h3-6,8,12-14H,1-2,7,9-11H2. The average molecular weight is 341 g/mol. The largest absolute Gasteiger partial charge is 0.439 e. The number of benzene rings is 1. The molecule has 4 rings (SSSR count). The Labute approximate surface area is 145 Å². The molecule has 1 saturated heterocycles. The molecule has 2 aromatic heterocycles. The van der Waals surface area contributed by atoms with Crippen LogP contribution in [-0.4, -0.2) is 37.7 Å². The summed E-state index contributed by atoms with van der Waals surface area (Å²) in [5.74, 6) is 1.67. The molecule has 1 aromatic carbocycles. The van der Waals surface area contributed by atoms with Crippen molar-refractivity contribution in [3.63, 3.8) is 0 Å². The summed E-state index contributed by atoms with van der Waals surface area (Å²) in [6.07, 6.45) is 7.40. The van der Waals surface area contributed by atoms with E-state index in [9.17, 15) is 4.39 Å². The van der Waals surface area contributed by atoms with Gasteiger partial charge in [0.25, 0.3) is 0 Å². The number of halogens is 1. The maximum Gasteiger partial charge on any atom is 0.209 e. The highest BCUT2D eigenvalue weighted by Crippen LogP contribution is 2.23. The van der Waals surface area contributed by atoms with E-state index in [-0.39, 0.29) is 5.82 Å². The minimum atomic E-state index is -0.254. The summed E-state index contributed by atoms with van der Waals surface area (Å²) in [5.41, 5.74) is 0.836. The Morgan fingerprint density at radius 2 is 2.12 bits per heavy atom. The molecule has 0 bridgehead atoms. The fraction of sp³-hybridized carbons (Fsp3) is 0.389. The predicted octanol–water partition coefficient (Wildman–Crippen LogP) is 2.98. The number of rotatable bonds is 5. The van der Waals surface area contributed by atoms with Gasteiger partial charge in [0.1, 0.15) is 18.5 Å². The van der Waals surface area contributed by atoms with Crippen molar-refractivity contribution in [1.29, 1.82) is 0 Å². The molecule has 6 nitrogen and oxygen atoms in total. The molecule has 0 saturated carbocycles. The van der Waals surface area contributed by atoms with E-state index in [1.807, 2.05) is 4.68 Å². The first-order valence-electron chi connectivity index (χ1n) is 8.52.